The Kier molecular flexibility index (Phi) is 6.77. The maximum Gasteiger partial charge on any atom is 0.254 e. The van der Waals surface area contributed by atoms with Crippen molar-refractivity contribution in [3.8, 4) is 0 Å². The van der Waals surface area contributed by atoms with Gasteiger partial charge in [0.05, 0.1) is 11.5 Å². The van der Waals surface area contributed by atoms with Gasteiger partial charge in [0.1, 0.15) is 0 Å². The molecule has 2 fully saturated rings. The molecule has 1 atom stereocenters. The molecule has 1 heterocycles. The van der Waals surface area contributed by atoms with Gasteiger partial charge in [-0.15, -0.1) is 0 Å². The van der Waals surface area contributed by atoms with E-state index in [2.05, 4.69) is 10.2 Å². The highest BCUT2D eigenvalue weighted by Crippen LogP contribution is 2.51. The Bertz CT molecular complexity index is 751. The van der Waals surface area contributed by atoms with Crippen LogP contribution in [0.1, 0.15) is 92.5 Å². The number of ether oxygens (including phenoxy) is 1. The minimum absolute atomic E-state index is 0.0776. The van der Waals surface area contributed by atoms with E-state index in [1.54, 1.807) is 7.11 Å². The van der Waals surface area contributed by atoms with Gasteiger partial charge >= 0.3 is 0 Å². The molecule has 30 heavy (non-hydrogen) atoms. The third kappa shape index (κ3) is 3.89. The molecule has 1 N–H and O–H groups in total. The Labute approximate surface area is 180 Å². The summed E-state index contributed by atoms with van der Waals surface area (Å²) in [5.74, 6) is -0.0484. The van der Waals surface area contributed by atoms with Gasteiger partial charge < -0.3 is 15.0 Å². The third-order valence-electron chi connectivity index (χ3n) is 7.48. The van der Waals surface area contributed by atoms with Gasteiger partial charge in [-0.1, -0.05) is 56.7 Å². The molecule has 0 radical (unpaired) electrons. The van der Waals surface area contributed by atoms with Crippen molar-refractivity contribution < 1.29 is 14.3 Å². The van der Waals surface area contributed by atoms with E-state index in [9.17, 15) is 9.59 Å². The van der Waals surface area contributed by atoms with Crippen LogP contribution in [0.4, 0.5) is 0 Å². The number of nitrogens with one attached hydrogen (secondary N) is 1. The van der Waals surface area contributed by atoms with Crippen molar-refractivity contribution in [2.24, 2.45) is 0 Å². The van der Waals surface area contributed by atoms with Crippen LogP contribution in [-0.2, 0) is 9.53 Å². The molecule has 0 unspecified atom stereocenters. The van der Waals surface area contributed by atoms with E-state index in [0.717, 1.165) is 56.1 Å². The van der Waals surface area contributed by atoms with Gasteiger partial charge in [0.2, 0.25) is 5.91 Å². The Morgan fingerprint density at radius 2 is 1.80 bits per heavy atom. The number of carbonyl (C=O) groups is 2. The van der Waals surface area contributed by atoms with E-state index >= 15 is 0 Å². The average Bonchev–Trinajstić information content (AvgIpc) is 2.78. The van der Waals surface area contributed by atoms with Crippen molar-refractivity contribution >= 4 is 11.8 Å². The summed E-state index contributed by atoms with van der Waals surface area (Å²) in [6, 6.07) is 8.11. The van der Waals surface area contributed by atoms with Crippen molar-refractivity contribution in [2.45, 2.75) is 88.1 Å². The van der Waals surface area contributed by atoms with Gasteiger partial charge in [-0.25, -0.2) is 0 Å². The molecule has 3 aliphatic rings. The van der Waals surface area contributed by atoms with Crippen molar-refractivity contribution in [3.63, 3.8) is 0 Å². The number of methoxy groups -OCH3 is 1. The van der Waals surface area contributed by atoms with Crippen molar-refractivity contribution in [2.75, 3.05) is 20.3 Å². The minimum Gasteiger partial charge on any atom is -0.385 e. The van der Waals surface area contributed by atoms with Crippen LogP contribution in [0.3, 0.4) is 0 Å². The molecule has 1 spiro atoms. The Hall–Kier alpha value is -1.88. The summed E-state index contributed by atoms with van der Waals surface area (Å²) in [6.45, 7) is 1.25. The molecule has 164 valence electrons. The molecule has 1 aliphatic heterocycles. The van der Waals surface area contributed by atoms with E-state index in [4.69, 9.17) is 4.74 Å². The van der Waals surface area contributed by atoms with Gasteiger partial charge in [0.15, 0.2) is 0 Å². The highest BCUT2D eigenvalue weighted by molar-refractivity contribution is 6.02. The van der Waals surface area contributed by atoms with Gasteiger partial charge in [-0.3, -0.25) is 9.59 Å². The van der Waals surface area contributed by atoms with Gasteiger partial charge in [-0.2, -0.15) is 0 Å². The summed E-state index contributed by atoms with van der Waals surface area (Å²) in [6.07, 6.45) is 11.8. The molecular formula is C25H36N2O3. The van der Waals surface area contributed by atoms with Crippen LogP contribution in [0.15, 0.2) is 24.3 Å². The number of fused-ring (bicyclic) bond motifs is 1. The number of amides is 2. The fraction of sp³-hybridized carbons (Fsp3) is 0.680. The summed E-state index contributed by atoms with van der Waals surface area (Å²) < 4.78 is 5.14. The second-order valence-electron chi connectivity index (χ2n) is 9.29. The lowest BCUT2D eigenvalue weighted by atomic mass is 9.64. The van der Waals surface area contributed by atoms with E-state index in [-0.39, 0.29) is 29.3 Å². The predicted molar refractivity (Wildman–Crippen MR) is 118 cm³/mol. The molecule has 5 heteroatoms. The highest BCUT2D eigenvalue weighted by atomic mass is 16.5. The molecule has 2 saturated carbocycles. The first-order valence-electron chi connectivity index (χ1n) is 11.9. The van der Waals surface area contributed by atoms with Crippen LogP contribution in [-0.4, -0.2) is 48.6 Å². The Balaban J connectivity index is 1.74. The molecule has 4 rings (SSSR count). The fourth-order valence-electron chi connectivity index (χ4n) is 6.18. The molecular weight excluding hydrogens is 376 g/mol. The number of carbonyl (C=O) groups excluding carboxylic acids is 2. The summed E-state index contributed by atoms with van der Waals surface area (Å²) in [7, 11) is 1.68. The van der Waals surface area contributed by atoms with Gasteiger partial charge in [-0.05, 0) is 43.7 Å². The first kappa shape index (κ1) is 21.4. The van der Waals surface area contributed by atoms with E-state index in [0.29, 0.717) is 13.2 Å². The fourth-order valence-corrected chi connectivity index (χ4v) is 6.18. The van der Waals surface area contributed by atoms with Crippen molar-refractivity contribution in [1.82, 2.24) is 10.2 Å². The topological polar surface area (TPSA) is 58.6 Å². The average molecular weight is 413 g/mol. The predicted octanol–water partition coefficient (Wildman–Crippen LogP) is 4.41. The maximum absolute atomic E-state index is 13.8. The number of hydrogen-bond acceptors (Lipinski definition) is 3. The van der Waals surface area contributed by atoms with Crippen molar-refractivity contribution in [1.29, 1.82) is 0 Å². The standard InChI is InChI=1S/C25H36N2O3/c1-30-18-10-17-26-23(28)22-20-13-6-7-14-21(20)24(29)27(19-11-4-2-5-12-19)25(22)15-8-3-9-16-25/h6-7,13-14,19,22H,2-5,8-12,15-18H2,1H3,(H,26,28)/t22-/m0/s1. The smallest absolute Gasteiger partial charge is 0.254 e. The number of rotatable bonds is 6. The maximum atomic E-state index is 13.8. The zero-order valence-electron chi connectivity index (χ0n) is 18.3. The number of hydrogen-bond donors (Lipinski definition) is 1. The lowest BCUT2D eigenvalue weighted by Gasteiger charge is -2.57. The molecule has 0 bridgehead atoms. The molecule has 2 aliphatic carbocycles. The summed E-state index contributed by atoms with van der Waals surface area (Å²) >= 11 is 0. The van der Waals surface area contributed by atoms with Crippen LogP contribution in [0, 0.1) is 0 Å². The molecule has 0 saturated heterocycles. The quantitative estimate of drug-likeness (QED) is 0.704. The second kappa shape index (κ2) is 9.51. The summed E-state index contributed by atoms with van der Waals surface area (Å²) in [5.41, 5.74) is 1.29. The zero-order chi connectivity index (χ0) is 21.0. The number of nitrogens with zero attached hydrogens (tertiary/aromatic N) is 1. The van der Waals surface area contributed by atoms with E-state index < -0.39 is 0 Å². The monoisotopic (exact) mass is 412 g/mol. The Morgan fingerprint density at radius 3 is 2.53 bits per heavy atom. The lowest BCUT2D eigenvalue weighted by Crippen LogP contribution is -2.65. The molecule has 2 amide bonds. The molecule has 1 aromatic rings. The van der Waals surface area contributed by atoms with Gasteiger partial charge in [0.25, 0.3) is 5.91 Å². The minimum atomic E-state index is -0.378. The normalized spacial score (nSPS) is 24.0. The van der Waals surface area contributed by atoms with Crippen LogP contribution in [0.5, 0.6) is 0 Å². The van der Waals surface area contributed by atoms with Crippen molar-refractivity contribution in [3.05, 3.63) is 35.4 Å². The summed E-state index contributed by atoms with van der Waals surface area (Å²) in [4.78, 5) is 29.7. The number of benzene rings is 1. The van der Waals surface area contributed by atoms with Gasteiger partial charge in [0, 0.05) is 31.9 Å². The Morgan fingerprint density at radius 1 is 1.10 bits per heavy atom. The first-order valence-corrected chi connectivity index (χ1v) is 11.9. The summed E-state index contributed by atoms with van der Waals surface area (Å²) in [5, 5.41) is 3.18. The van der Waals surface area contributed by atoms with E-state index in [1.165, 1.54) is 25.7 Å². The first-order chi connectivity index (χ1) is 14.7. The molecule has 1 aromatic carbocycles. The van der Waals surface area contributed by atoms with Crippen LogP contribution < -0.4 is 5.32 Å². The molecule has 0 aromatic heterocycles. The third-order valence-corrected chi connectivity index (χ3v) is 7.48. The van der Waals surface area contributed by atoms with E-state index in [1.807, 2.05) is 24.3 Å². The van der Waals surface area contributed by atoms with Crippen LogP contribution in [0.2, 0.25) is 0 Å². The largest absolute Gasteiger partial charge is 0.385 e. The highest BCUT2D eigenvalue weighted by Gasteiger charge is 2.56. The second-order valence-corrected chi connectivity index (χ2v) is 9.29. The van der Waals surface area contributed by atoms with Crippen LogP contribution in [0.25, 0.3) is 0 Å². The van der Waals surface area contributed by atoms with Crippen LogP contribution >= 0.6 is 0 Å². The molecule has 5 nitrogen and oxygen atoms in total. The zero-order valence-corrected chi connectivity index (χ0v) is 18.3. The lowest BCUT2D eigenvalue weighted by molar-refractivity contribution is -0.128. The SMILES string of the molecule is COCCCNC(=O)[C@@H]1c2ccccc2C(=O)N(C2CCCCC2)C12CCCCC2.